The SMILES string of the molecule is NC(=NCCc1cscn1)C1CCCCC1. The van der Waals surface area contributed by atoms with Crippen LogP contribution in [0.25, 0.3) is 0 Å². The Morgan fingerprint density at radius 1 is 1.44 bits per heavy atom. The molecule has 16 heavy (non-hydrogen) atoms. The van der Waals surface area contributed by atoms with Crippen LogP contribution in [0.3, 0.4) is 0 Å². The first-order chi connectivity index (χ1) is 7.86. The van der Waals surface area contributed by atoms with Crippen molar-refractivity contribution in [1.82, 2.24) is 4.98 Å². The summed E-state index contributed by atoms with van der Waals surface area (Å²) in [6.45, 7) is 0.784. The molecule has 0 unspecified atom stereocenters. The van der Waals surface area contributed by atoms with E-state index in [2.05, 4.69) is 15.4 Å². The highest BCUT2D eigenvalue weighted by Gasteiger charge is 2.16. The predicted octanol–water partition coefficient (Wildman–Crippen LogP) is 2.62. The number of rotatable bonds is 4. The van der Waals surface area contributed by atoms with Crippen LogP contribution in [0.2, 0.25) is 0 Å². The Balaban J connectivity index is 1.77. The quantitative estimate of drug-likeness (QED) is 0.646. The van der Waals surface area contributed by atoms with Gasteiger partial charge in [-0.1, -0.05) is 19.3 Å². The van der Waals surface area contributed by atoms with Crippen LogP contribution in [-0.4, -0.2) is 17.4 Å². The molecule has 0 radical (unpaired) electrons. The van der Waals surface area contributed by atoms with Crippen molar-refractivity contribution in [2.75, 3.05) is 6.54 Å². The molecular formula is C12H19N3S. The number of nitrogens with two attached hydrogens (primary N) is 1. The molecule has 0 aromatic carbocycles. The van der Waals surface area contributed by atoms with E-state index in [9.17, 15) is 0 Å². The average Bonchev–Trinajstić information content (AvgIpc) is 2.83. The highest BCUT2D eigenvalue weighted by atomic mass is 32.1. The van der Waals surface area contributed by atoms with E-state index in [1.807, 2.05) is 5.51 Å². The van der Waals surface area contributed by atoms with E-state index < -0.39 is 0 Å². The fourth-order valence-electron chi connectivity index (χ4n) is 2.19. The van der Waals surface area contributed by atoms with Crippen molar-refractivity contribution >= 4 is 17.2 Å². The fourth-order valence-corrected chi connectivity index (χ4v) is 2.78. The molecule has 2 rings (SSSR count). The van der Waals surface area contributed by atoms with Crippen molar-refractivity contribution in [2.45, 2.75) is 38.5 Å². The molecule has 0 amide bonds. The maximum Gasteiger partial charge on any atom is 0.0968 e. The van der Waals surface area contributed by atoms with Crippen molar-refractivity contribution in [3.8, 4) is 0 Å². The molecular weight excluding hydrogens is 218 g/mol. The van der Waals surface area contributed by atoms with Gasteiger partial charge in [-0.2, -0.15) is 0 Å². The molecule has 1 saturated carbocycles. The van der Waals surface area contributed by atoms with Gasteiger partial charge >= 0.3 is 0 Å². The summed E-state index contributed by atoms with van der Waals surface area (Å²) in [5, 5.41) is 2.08. The predicted molar refractivity (Wildman–Crippen MR) is 68.9 cm³/mol. The standard InChI is InChI=1S/C12H19N3S/c13-12(10-4-2-1-3-5-10)14-7-6-11-8-16-9-15-11/h8-10H,1-7H2,(H2,13,14). The monoisotopic (exact) mass is 237 g/mol. The van der Waals surface area contributed by atoms with E-state index in [-0.39, 0.29) is 0 Å². The summed E-state index contributed by atoms with van der Waals surface area (Å²) < 4.78 is 0. The van der Waals surface area contributed by atoms with Gasteiger partial charge in [-0.3, -0.25) is 4.99 Å². The third-order valence-electron chi connectivity index (χ3n) is 3.17. The zero-order valence-corrected chi connectivity index (χ0v) is 10.4. The highest BCUT2D eigenvalue weighted by Crippen LogP contribution is 2.23. The van der Waals surface area contributed by atoms with E-state index in [1.54, 1.807) is 11.3 Å². The second kappa shape index (κ2) is 5.99. The molecule has 1 aromatic heterocycles. The number of thiazole rings is 1. The molecule has 2 N–H and O–H groups in total. The molecule has 0 saturated heterocycles. The number of aromatic nitrogens is 1. The molecule has 0 spiro atoms. The number of amidine groups is 1. The summed E-state index contributed by atoms with van der Waals surface area (Å²) in [5.41, 5.74) is 9.01. The molecule has 1 fully saturated rings. The van der Waals surface area contributed by atoms with Crippen molar-refractivity contribution in [3.63, 3.8) is 0 Å². The van der Waals surface area contributed by atoms with Crippen molar-refractivity contribution in [3.05, 3.63) is 16.6 Å². The molecule has 0 aliphatic heterocycles. The normalized spacial score (nSPS) is 18.9. The second-order valence-corrected chi connectivity index (χ2v) is 5.09. The van der Waals surface area contributed by atoms with Crippen molar-refractivity contribution in [2.24, 2.45) is 16.6 Å². The molecule has 1 aromatic rings. The number of hydrogen-bond acceptors (Lipinski definition) is 3. The molecule has 0 bridgehead atoms. The summed E-state index contributed by atoms with van der Waals surface area (Å²) in [6, 6.07) is 0. The largest absolute Gasteiger partial charge is 0.387 e. The van der Waals surface area contributed by atoms with Gasteiger partial charge in [0.2, 0.25) is 0 Å². The Bertz CT molecular complexity index is 326. The number of aliphatic imine (C=N–C) groups is 1. The van der Waals surface area contributed by atoms with Gasteiger partial charge in [0, 0.05) is 24.3 Å². The van der Waals surface area contributed by atoms with E-state index in [0.717, 1.165) is 24.5 Å². The Morgan fingerprint density at radius 2 is 2.25 bits per heavy atom. The topological polar surface area (TPSA) is 51.3 Å². The lowest BCUT2D eigenvalue weighted by Gasteiger charge is -2.20. The molecule has 1 aliphatic carbocycles. The fraction of sp³-hybridized carbons (Fsp3) is 0.667. The second-order valence-electron chi connectivity index (χ2n) is 4.37. The van der Waals surface area contributed by atoms with Crippen LogP contribution in [0.15, 0.2) is 15.9 Å². The van der Waals surface area contributed by atoms with Gasteiger partial charge in [-0.05, 0) is 12.8 Å². The molecule has 4 heteroatoms. The van der Waals surface area contributed by atoms with Gasteiger partial charge in [0.1, 0.15) is 0 Å². The van der Waals surface area contributed by atoms with Crippen LogP contribution in [0, 0.1) is 5.92 Å². The van der Waals surface area contributed by atoms with E-state index in [0.29, 0.717) is 5.92 Å². The molecule has 1 aliphatic rings. The minimum absolute atomic E-state index is 0.546. The summed E-state index contributed by atoms with van der Waals surface area (Å²) in [5.74, 6) is 1.42. The minimum Gasteiger partial charge on any atom is -0.387 e. The lowest BCUT2D eigenvalue weighted by atomic mass is 9.88. The van der Waals surface area contributed by atoms with Crippen molar-refractivity contribution < 1.29 is 0 Å². The first kappa shape index (κ1) is 11.6. The van der Waals surface area contributed by atoms with E-state index in [4.69, 9.17) is 5.73 Å². The molecule has 1 heterocycles. The van der Waals surface area contributed by atoms with Gasteiger partial charge < -0.3 is 5.73 Å². The Hall–Kier alpha value is -0.900. The first-order valence-electron chi connectivity index (χ1n) is 6.03. The third kappa shape index (κ3) is 3.30. The van der Waals surface area contributed by atoms with E-state index >= 15 is 0 Å². The van der Waals surface area contributed by atoms with Crippen LogP contribution in [0.5, 0.6) is 0 Å². The number of nitrogens with zero attached hydrogens (tertiary/aromatic N) is 2. The zero-order valence-electron chi connectivity index (χ0n) is 9.56. The van der Waals surface area contributed by atoms with Gasteiger partial charge in [-0.15, -0.1) is 11.3 Å². The third-order valence-corrected chi connectivity index (χ3v) is 3.80. The zero-order chi connectivity index (χ0) is 11.2. The summed E-state index contributed by atoms with van der Waals surface area (Å²) in [6.07, 6.45) is 7.36. The Labute approximate surface area is 101 Å². The maximum atomic E-state index is 6.02. The smallest absolute Gasteiger partial charge is 0.0968 e. The van der Waals surface area contributed by atoms with E-state index in [1.165, 1.54) is 32.1 Å². The summed E-state index contributed by atoms with van der Waals surface area (Å²) in [4.78, 5) is 8.72. The molecule has 3 nitrogen and oxygen atoms in total. The van der Waals surface area contributed by atoms with Gasteiger partial charge in [0.05, 0.1) is 17.0 Å². The summed E-state index contributed by atoms with van der Waals surface area (Å²) >= 11 is 1.64. The Morgan fingerprint density at radius 3 is 2.94 bits per heavy atom. The van der Waals surface area contributed by atoms with Crippen molar-refractivity contribution in [1.29, 1.82) is 0 Å². The summed E-state index contributed by atoms with van der Waals surface area (Å²) in [7, 11) is 0. The van der Waals surface area contributed by atoms with Gasteiger partial charge in [0.15, 0.2) is 0 Å². The van der Waals surface area contributed by atoms with Crippen LogP contribution in [0.1, 0.15) is 37.8 Å². The number of hydrogen-bond donors (Lipinski definition) is 1. The minimum atomic E-state index is 0.546. The van der Waals surface area contributed by atoms with Crippen LogP contribution in [-0.2, 0) is 6.42 Å². The van der Waals surface area contributed by atoms with Crippen LogP contribution in [0.4, 0.5) is 0 Å². The van der Waals surface area contributed by atoms with Gasteiger partial charge in [-0.25, -0.2) is 4.98 Å². The highest BCUT2D eigenvalue weighted by molar-refractivity contribution is 7.07. The van der Waals surface area contributed by atoms with Crippen LogP contribution >= 0.6 is 11.3 Å². The van der Waals surface area contributed by atoms with Gasteiger partial charge in [0.25, 0.3) is 0 Å². The molecule has 0 atom stereocenters. The first-order valence-corrected chi connectivity index (χ1v) is 6.97. The lowest BCUT2D eigenvalue weighted by molar-refractivity contribution is 0.436. The lowest BCUT2D eigenvalue weighted by Crippen LogP contribution is -2.26. The molecule has 88 valence electrons. The maximum absolute atomic E-state index is 6.02. The average molecular weight is 237 g/mol. The Kier molecular flexibility index (Phi) is 4.34. The van der Waals surface area contributed by atoms with Crippen LogP contribution < -0.4 is 5.73 Å².